The van der Waals surface area contributed by atoms with Gasteiger partial charge >= 0.3 is 5.97 Å². The Balaban J connectivity index is 0.00000702. The first-order valence-electron chi connectivity index (χ1n) is 16.6. The zero-order chi connectivity index (χ0) is 36.9. The van der Waals surface area contributed by atoms with E-state index in [1.165, 1.54) is 18.2 Å². The first-order valence-corrected chi connectivity index (χ1v) is 18.1. The highest BCUT2D eigenvalue weighted by Gasteiger charge is 2.23. The highest BCUT2D eigenvalue weighted by atomic mass is 35.5. The number of aryl methyl sites for hydroxylation is 2. The molecule has 3 N–H and O–H groups in total. The summed E-state index contributed by atoms with van der Waals surface area (Å²) >= 11 is 0. The average Bonchev–Trinajstić information content (AvgIpc) is 3.01. The van der Waals surface area contributed by atoms with Gasteiger partial charge in [0.25, 0.3) is 10.0 Å². The number of carboxylic acids is 1. The van der Waals surface area contributed by atoms with Gasteiger partial charge in [0.05, 0.1) is 21.8 Å². The summed E-state index contributed by atoms with van der Waals surface area (Å²) < 4.78 is 35.6. The number of aromatic nitrogens is 3. The lowest BCUT2D eigenvalue weighted by atomic mass is 9.88. The summed E-state index contributed by atoms with van der Waals surface area (Å²) in [4.78, 5) is 27.4. The summed E-state index contributed by atoms with van der Waals surface area (Å²) in [7, 11) is -2.18. The average molecular weight is 739 g/mol. The summed E-state index contributed by atoms with van der Waals surface area (Å²) in [5.74, 6) is -0.325. The SMILES string of the molecule is Cc1cccc(C)c1-c1cc(OC[C@@H](CC(C)(C)C)NCc2cccc(N(C)CC(C)(C)C)n2)nc(NS(=O)(=O)c2cccc(C(=O)O)c2)n1.Cl. The van der Waals surface area contributed by atoms with Gasteiger partial charge in [0, 0.05) is 37.8 Å². The van der Waals surface area contributed by atoms with Crippen LogP contribution in [0.25, 0.3) is 11.3 Å². The Morgan fingerprint density at radius 3 is 2.18 bits per heavy atom. The second kappa shape index (κ2) is 16.8. The van der Waals surface area contributed by atoms with Crippen LogP contribution in [0.15, 0.2) is 71.6 Å². The number of benzene rings is 2. The van der Waals surface area contributed by atoms with Crippen molar-refractivity contribution < 1.29 is 23.1 Å². The lowest BCUT2D eigenvalue weighted by molar-refractivity contribution is 0.0696. The van der Waals surface area contributed by atoms with Crippen LogP contribution in [0.3, 0.4) is 0 Å². The number of hydrogen-bond acceptors (Lipinski definition) is 9. The normalized spacial score (nSPS) is 12.5. The second-order valence-electron chi connectivity index (χ2n) is 15.2. The maximum atomic E-state index is 13.4. The molecule has 51 heavy (non-hydrogen) atoms. The number of pyridine rings is 1. The van der Waals surface area contributed by atoms with Crippen LogP contribution < -0.4 is 19.7 Å². The van der Waals surface area contributed by atoms with E-state index in [-0.39, 0.29) is 58.2 Å². The largest absolute Gasteiger partial charge is 0.478 e. The van der Waals surface area contributed by atoms with Crippen molar-refractivity contribution in [3.05, 3.63) is 89.1 Å². The van der Waals surface area contributed by atoms with Crippen LogP contribution in [-0.2, 0) is 16.6 Å². The molecule has 2 aromatic heterocycles. The minimum absolute atomic E-state index is 0. The molecule has 13 heteroatoms. The van der Waals surface area contributed by atoms with Crippen LogP contribution in [0, 0.1) is 24.7 Å². The number of nitrogens with one attached hydrogen (secondary N) is 2. The zero-order valence-electron chi connectivity index (χ0n) is 30.9. The van der Waals surface area contributed by atoms with Gasteiger partial charge in [-0.3, -0.25) is 0 Å². The number of anilines is 2. The van der Waals surface area contributed by atoms with Gasteiger partial charge in [0.15, 0.2) is 0 Å². The second-order valence-corrected chi connectivity index (χ2v) is 16.9. The summed E-state index contributed by atoms with van der Waals surface area (Å²) in [6, 6.07) is 18.6. The van der Waals surface area contributed by atoms with Crippen molar-refractivity contribution >= 4 is 40.2 Å². The number of halogens is 1. The fourth-order valence-electron chi connectivity index (χ4n) is 5.80. The molecule has 0 spiro atoms. The molecule has 0 saturated heterocycles. The van der Waals surface area contributed by atoms with E-state index < -0.39 is 16.0 Å². The number of hydrogen-bond donors (Lipinski definition) is 3. The molecule has 1 atom stereocenters. The standard InChI is InChI=1S/C38H50N6O5S.ClH/c1-25-13-10-14-26(2)34(25)31-20-33(42-36(41-31)43-50(47,48)30-17-11-15-27(19-30)35(45)46)49-23-29(21-37(3,4)5)39-22-28-16-12-18-32(40-28)44(9)24-38(6,7)8;/h10-20,29,39H,21-24H2,1-9H3,(H,45,46)(H,41,42,43);1H/t29-;/m1./s1. The third kappa shape index (κ3) is 12.2. The summed E-state index contributed by atoms with van der Waals surface area (Å²) in [6.45, 7) is 18.7. The predicted octanol–water partition coefficient (Wildman–Crippen LogP) is 7.53. The van der Waals surface area contributed by atoms with Crippen molar-refractivity contribution in [3.8, 4) is 17.1 Å². The van der Waals surface area contributed by atoms with Crippen molar-refractivity contribution in [3.63, 3.8) is 0 Å². The van der Waals surface area contributed by atoms with Crippen molar-refractivity contribution in [2.75, 3.05) is 29.8 Å². The molecule has 0 bridgehead atoms. The monoisotopic (exact) mass is 738 g/mol. The minimum Gasteiger partial charge on any atom is -0.478 e. The van der Waals surface area contributed by atoms with Gasteiger partial charge in [0.2, 0.25) is 11.8 Å². The van der Waals surface area contributed by atoms with E-state index in [2.05, 4.69) is 73.5 Å². The Hall–Kier alpha value is -4.26. The molecule has 4 aromatic rings. The molecular formula is C38H51ClN6O5S. The van der Waals surface area contributed by atoms with Gasteiger partial charge in [-0.25, -0.2) is 27.9 Å². The van der Waals surface area contributed by atoms with E-state index in [9.17, 15) is 18.3 Å². The lowest BCUT2D eigenvalue weighted by Gasteiger charge is -2.28. The molecule has 2 aromatic carbocycles. The van der Waals surface area contributed by atoms with E-state index in [1.54, 1.807) is 6.07 Å². The predicted molar refractivity (Wildman–Crippen MR) is 206 cm³/mol. The maximum Gasteiger partial charge on any atom is 0.335 e. The molecule has 11 nitrogen and oxygen atoms in total. The van der Waals surface area contributed by atoms with Crippen molar-refractivity contribution in [1.29, 1.82) is 0 Å². The van der Waals surface area contributed by atoms with Crippen molar-refractivity contribution in [2.24, 2.45) is 10.8 Å². The Morgan fingerprint density at radius 1 is 0.902 bits per heavy atom. The maximum absolute atomic E-state index is 13.4. The fraction of sp³-hybridized carbons (Fsp3) is 0.421. The number of sulfonamides is 1. The van der Waals surface area contributed by atoms with Crippen molar-refractivity contribution in [1.82, 2.24) is 20.3 Å². The number of nitrogens with zero attached hydrogens (tertiary/aromatic N) is 4. The van der Waals surface area contributed by atoms with E-state index >= 15 is 0 Å². The molecule has 0 fully saturated rings. The topological polar surface area (TPSA) is 147 Å². The number of rotatable bonds is 14. The first kappa shape index (κ1) is 41.2. The van der Waals surface area contributed by atoms with E-state index in [4.69, 9.17) is 9.72 Å². The zero-order valence-corrected chi connectivity index (χ0v) is 32.6. The van der Waals surface area contributed by atoms with Gasteiger partial charge in [-0.1, -0.05) is 71.9 Å². The van der Waals surface area contributed by atoms with Crippen LogP contribution in [0.4, 0.5) is 11.8 Å². The number of aromatic carboxylic acids is 1. The first-order chi connectivity index (χ1) is 23.3. The number of ether oxygens (including phenoxy) is 1. The minimum atomic E-state index is -4.24. The van der Waals surface area contributed by atoms with Crippen LogP contribution in [0.1, 0.15) is 75.1 Å². The highest BCUT2D eigenvalue weighted by Crippen LogP contribution is 2.30. The van der Waals surface area contributed by atoms with Gasteiger partial charge < -0.3 is 20.1 Å². The van der Waals surface area contributed by atoms with Crippen LogP contribution in [-0.4, -0.2) is 60.7 Å². The Kier molecular flexibility index (Phi) is 13.6. The van der Waals surface area contributed by atoms with Crippen LogP contribution in [0.2, 0.25) is 0 Å². The Labute approximate surface area is 308 Å². The third-order valence-corrected chi connectivity index (χ3v) is 9.14. The lowest BCUT2D eigenvalue weighted by Crippen LogP contribution is -2.38. The Bertz CT molecular complexity index is 1900. The fourth-order valence-corrected chi connectivity index (χ4v) is 6.79. The molecule has 2 heterocycles. The molecule has 0 unspecified atom stereocenters. The molecule has 0 saturated carbocycles. The highest BCUT2D eigenvalue weighted by molar-refractivity contribution is 7.92. The molecule has 0 aliphatic heterocycles. The van der Waals surface area contributed by atoms with Gasteiger partial charge in [0.1, 0.15) is 12.4 Å². The van der Waals surface area contributed by atoms with Gasteiger partial charge in [-0.2, -0.15) is 4.98 Å². The number of carbonyl (C=O) groups is 1. The molecule has 0 radical (unpaired) electrons. The summed E-state index contributed by atoms with van der Waals surface area (Å²) in [6.07, 6.45) is 0.783. The molecule has 0 aliphatic carbocycles. The molecule has 4 rings (SSSR count). The van der Waals surface area contributed by atoms with Crippen LogP contribution in [0.5, 0.6) is 5.88 Å². The summed E-state index contributed by atoms with van der Waals surface area (Å²) in [5.41, 5.74) is 4.08. The molecular weight excluding hydrogens is 688 g/mol. The Morgan fingerprint density at radius 2 is 1.55 bits per heavy atom. The van der Waals surface area contributed by atoms with E-state index in [1.807, 2.05) is 50.2 Å². The smallest absolute Gasteiger partial charge is 0.335 e. The quantitative estimate of drug-likeness (QED) is 0.119. The molecule has 0 amide bonds. The van der Waals surface area contributed by atoms with Gasteiger partial charge in [-0.05, 0) is 72.6 Å². The molecule has 0 aliphatic rings. The third-order valence-electron chi connectivity index (χ3n) is 7.81. The summed E-state index contributed by atoms with van der Waals surface area (Å²) in [5, 5.41) is 13.0. The van der Waals surface area contributed by atoms with Crippen molar-refractivity contribution in [2.45, 2.75) is 79.3 Å². The van der Waals surface area contributed by atoms with Gasteiger partial charge in [-0.15, -0.1) is 12.4 Å². The van der Waals surface area contributed by atoms with Crippen LogP contribution >= 0.6 is 12.4 Å². The van der Waals surface area contributed by atoms with E-state index in [0.717, 1.165) is 47.2 Å². The molecule has 276 valence electrons. The number of carboxylic acid groups (broad SMARTS) is 1. The van der Waals surface area contributed by atoms with E-state index in [0.29, 0.717) is 12.2 Å².